The molecule has 5 nitrogen and oxygen atoms in total. The zero-order valence-corrected chi connectivity index (χ0v) is 19.3. The van der Waals surface area contributed by atoms with Crippen molar-refractivity contribution in [2.75, 3.05) is 12.4 Å². The van der Waals surface area contributed by atoms with Crippen LogP contribution in [-0.4, -0.2) is 24.3 Å². The zero-order chi connectivity index (χ0) is 22.4. The van der Waals surface area contributed by atoms with Crippen molar-refractivity contribution in [1.29, 1.82) is 0 Å². The Balaban J connectivity index is 1.47. The largest absolute Gasteiger partial charge is 0.508 e. The molecule has 2 aliphatic carbocycles. The van der Waals surface area contributed by atoms with E-state index in [9.17, 15) is 9.90 Å². The van der Waals surface area contributed by atoms with Crippen LogP contribution in [0.15, 0.2) is 36.4 Å². The smallest absolute Gasteiger partial charge is 0.342 e. The normalized spacial score (nSPS) is 26.0. The predicted molar refractivity (Wildman–Crippen MR) is 122 cm³/mol. The van der Waals surface area contributed by atoms with Crippen molar-refractivity contribution < 1.29 is 19.4 Å². The first-order valence-corrected chi connectivity index (χ1v) is 11.1. The van der Waals surface area contributed by atoms with Gasteiger partial charge in [0, 0.05) is 34.3 Å². The Kier molecular flexibility index (Phi) is 5.59. The molecule has 2 aromatic rings. The monoisotopic (exact) mass is 443 g/mol. The summed E-state index contributed by atoms with van der Waals surface area (Å²) >= 11 is 6.01. The van der Waals surface area contributed by atoms with Crippen molar-refractivity contribution in [2.45, 2.75) is 52.7 Å². The molecule has 3 unspecified atom stereocenters. The van der Waals surface area contributed by atoms with E-state index < -0.39 is 0 Å². The lowest BCUT2D eigenvalue weighted by molar-refractivity contribution is -0.0244. The molecule has 0 saturated heterocycles. The number of hydrogen-bond acceptors (Lipinski definition) is 5. The lowest BCUT2D eigenvalue weighted by Gasteiger charge is -2.38. The molecule has 0 amide bonds. The fourth-order valence-corrected chi connectivity index (χ4v) is 5.56. The van der Waals surface area contributed by atoms with E-state index in [2.05, 4.69) is 26.1 Å². The second-order valence-corrected chi connectivity index (χ2v) is 9.98. The molecule has 0 aliphatic heterocycles. The average Bonchev–Trinajstić information content (AvgIpc) is 3.07. The van der Waals surface area contributed by atoms with E-state index in [-0.39, 0.29) is 28.7 Å². The van der Waals surface area contributed by atoms with Gasteiger partial charge in [-0.3, -0.25) is 0 Å². The molecule has 2 aromatic carbocycles. The topological polar surface area (TPSA) is 67.8 Å². The van der Waals surface area contributed by atoms with Crippen molar-refractivity contribution in [3.8, 4) is 11.5 Å². The third-order valence-corrected chi connectivity index (χ3v) is 8.14. The molecule has 0 spiro atoms. The quantitative estimate of drug-likeness (QED) is 0.533. The number of ether oxygens (including phenoxy) is 2. The van der Waals surface area contributed by atoms with Gasteiger partial charge in [-0.25, -0.2) is 4.79 Å². The number of nitrogens with one attached hydrogen (secondary N) is 1. The van der Waals surface area contributed by atoms with Gasteiger partial charge in [0.15, 0.2) is 0 Å². The van der Waals surface area contributed by atoms with Crippen molar-refractivity contribution >= 4 is 23.3 Å². The fraction of sp³-hybridized carbons (Fsp3) is 0.480. The van der Waals surface area contributed by atoms with E-state index >= 15 is 0 Å². The Bertz CT molecular complexity index is 1010. The summed E-state index contributed by atoms with van der Waals surface area (Å²) in [4.78, 5) is 13.0. The molecule has 2 saturated carbocycles. The number of aromatic hydroxyl groups is 1. The minimum Gasteiger partial charge on any atom is -0.508 e. The molecule has 6 heteroatoms. The van der Waals surface area contributed by atoms with Gasteiger partial charge in [-0.1, -0.05) is 32.4 Å². The number of carbonyl (C=O) groups is 1. The van der Waals surface area contributed by atoms with E-state index in [1.807, 2.05) is 6.07 Å². The van der Waals surface area contributed by atoms with Crippen LogP contribution in [0.1, 0.15) is 56.0 Å². The summed E-state index contributed by atoms with van der Waals surface area (Å²) in [6, 6.07) is 10.2. The molecule has 4 rings (SSSR count). The molecule has 2 N–H and O–H groups in total. The van der Waals surface area contributed by atoms with Crippen LogP contribution < -0.4 is 10.1 Å². The number of hydrogen-bond donors (Lipinski definition) is 2. The van der Waals surface area contributed by atoms with Crippen molar-refractivity contribution in [3.05, 3.63) is 52.5 Å². The highest BCUT2D eigenvalue weighted by atomic mass is 35.5. The van der Waals surface area contributed by atoms with E-state index in [0.29, 0.717) is 34.4 Å². The Labute approximate surface area is 188 Å². The van der Waals surface area contributed by atoms with Crippen LogP contribution in [0.5, 0.6) is 11.5 Å². The number of phenolic OH excluding ortho intramolecular Hbond substituents is 1. The van der Waals surface area contributed by atoms with Gasteiger partial charge in [-0.2, -0.15) is 0 Å². The maximum absolute atomic E-state index is 13.0. The Hall–Kier alpha value is -2.40. The van der Waals surface area contributed by atoms with Gasteiger partial charge in [0.2, 0.25) is 0 Å². The third kappa shape index (κ3) is 3.73. The highest BCUT2D eigenvalue weighted by Gasteiger charge is 2.62. The summed E-state index contributed by atoms with van der Waals surface area (Å²) in [5, 5.41) is 13.8. The lowest BCUT2D eigenvalue weighted by atomic mass is 9.70. The second-order valence-electron chi connectivity index (χ2n) is 9.55. The highest BCUT2D eigenvalue weighted by Crippen LogP contribution is 2.66. The van der Waals surface area contributed by atoms with Crippen LogP contribution in [0.25, 0.3) is 0 Å². The molecule has 2 aliphatic rings. The minimum absolute atomic E-state index is 0.0149. The number of carbonyl (C=O) groups excluding carboxylic acids is 1. The summed E-state index contributed by atoms with van der Waals surface area (Å²) in [5.74, 6) is 0.890. The molecule has 31 heavy (non-hydrogen) atoms. The Morgan fingerprint density at radius 2 is 2.00 bits per heavy atom. The van der Waals surface area contributed by atoms with Gasteiger partial charge in [-0.15, -0.1) is 0 Å². The lowest BCUT2D eigenvalue weighted by Crippen LogP contribution is -2.38. The number of anilines is 1. The van der Waals surface area contributed by atoms with Crippen molar-refractivity contribution in [2.24, 2.45) is 16.7 Å². The van der Waals surface area contributed by atoms with Gasteiger partial charge in [0.05, 0.1) is 7.11 Å². The summed E-state index contributed by atoms with van der Waals surface area (Å²) in [6.07, 6.45) is 3.17. The summed E-state index contributed by atoms with van der Waals surface area (Å²) in [6.45, 7) is 7.25. The molecule has 166 valence electrons. The predicted octanol–water partition coefficient (Wildman–Crippen LogP) is 6.04. The standard InChI is InChI=1S/C25H30ClNO4/c1-24(2)16-9-10-25(24,3)22(12-16)31-23(29)19-7-6-18(13-21(19)30-4)27-14-15-11-17(26)5-8-20(15)28/h5-8,11,13,16,22,27-28H,9-10,12,14H2,1-4H3. The number of halogens is 1. The first-order valence-electron chi connectivity index (χ1n) is 10.8. The Morgan fingerprint density at radius 1 is 1.23 bits per heavy atom. The van der Waals surface area contributed by atoms with E-state index in [1.165, 1.54) is 6.42 Å². The number of rotatable bonds is 6. The van der Waals surface area contributed by atoms with Crippen LogP contribution in [0.4, 0.5) is 5.69 Å². The molecular formula is C25H30ClNO4. The average molecular weight is 444 g/mol. The van der Waals surface area contributed by atoms with Crippen molar-refractivity contribution in [1.82, 2.24) is 0 Å². The van der Waals surface area contributed by atoms with Crippen molar-refractivity contribution in [3.63, 3.8) is 0 Å². The molecule has 3 atom stereocenters. The maximum atomic E-state index is 13.0. The van der Waals surface area contributed by atoms with Crippen LogP contribution in [0, 0.1) is 16.7 Å². The SMILES string of the molecule is COc1cc(NCc2cc(Cl)ccc2O)ccc1C(=O)OC1CC2CCC1(C)C2(C)C. The number of phenols is 1. The molecule has 0 heterocycles. The number of benzene rings is 2. The Morgan fingerprint density at radius 3 is 2.65 bits per heavy atom. The number of fused-ring (bicyclic) bond motifs is 2. The second kappa shape index (κ2) is 7.94. The van der Waals surface area contributed by atoms with Gasteiger partial charge in [-0.05, 0) is 60.9 Å². The summed E-state index contributed by atoms with van der Waals surface area (Å²) in [5.41, 5.74) is 2.06. The van der Waals surface area contributed by atoms with E-state index in [0.717, 1.165) is 18.5 Å². The maximum Gasteiger partial charge on any atom is 0.342 e. The highest BCUT2D eigenvalue weighted by molar-refractivity contribution is 6.30. The summed E-state index contributed by atoms with van der Waals surface area (Å²) < 4.78 is 11.5. The van der Waals surface area contributed by atoms with Crippen LogP contribution in [0.3, 0.4) is 0 Å². The van der Waals surface area contributed by atoms with Gasteiger partial charge in [0.25, 0.3) is 0 Å². The number of esters is 1. The molecule has 0 radical (unpaired) electrons. The van der Waals surface area contributed by atoms with E-state index in [1.54, 1.807) is 37.4 Å². The first-order chi connectivity index (χ1) is 14.7. The number of methoxy groups -OCH3 is 1. The molecule has 2 bridgehead atoms. The van der Waals surface area contributed by atoms with Gasteiger partial charge in [0.1, 0.15) is 23.2 Å². The van der Waals surface area contributed by atoms with Crippen LogP contribution in [-0.2, 0) is 11.3 Å². The molecule has 0 aromatic heterocycles. The summed E-state index contributed by atoms with van der Waals surface area (Å²) in [7, 11) is 1.54. The fourth-order valence-electron chi connectivity index (χ4n) is 5.36. The van der Waals surface area contributed by atoms with Crippen LogP contribution in [0.2, 0.25) is 5.02 Å². The van der Waals surface area contributed by atoms with Gasteiger partial charge < -0.3 is 19.9 Å². The van der Waals surface area contributed by atoms with E-state index in [4.69, 9.17) is 21.1 Å². The third-order valence-electron chi connectivity index (χ3n) is 7.91. The minimum atomic E-state index is -0.342. The van der Waals surface area contributed by atoms with Gasteiger partial charge >= 0.3 is 5.97 Å². The first kappa shape index (κ1) is 21.8. The molecular weight excluding hydrogens is 414 g/mol. The zero-order valence-electron chi connectivity index (χ0n) is 18.5. The molecule has 2 fully saturated rings. The van der Waals surface area contributed by atoms with Crippen LogP contribution >= 0.6 is 11.6 Å².